The molecule has 2 aromatic heterocycles. The van der Waals surface area contributed by atoms with E-state index in [9.17, 15) is 0 Å². The lowest BCUT2D eigenvalue weighted by atomic mass is 9.98. The largest absolute Gasteiger partial charge is 0.480 e. The topological polar surface area (TPSA) is 86.0 Å². The summed E-state index contributed by atoms with van der Waals surface area (Å²) in [5.41, 5.74) is 0.578. The van der Waals surface area contributed by atoms with Crippen molar-refractivity contribution in [3.05, 3.63) is 18.0 Å². The van der Waals surface area contributed by atoms with Gasteiger partial charge in [-0.15, -0.1) is 10.2 Å². The number of methoxy groups -OCH3 is 1. The number of nitrogens with zero attached hydrogens (tertiary/aromatic N) is 4. The predicted molar refractivity (Wildman–Crippen MR) is 66.7 cm³/mol. The molecule has 2 aromatic rings. The van der Waals surface area contributed by atoms with Crippen molar-refractivity contribution < 1.29 is 9.26 Å². The summed E-state index contributed by atoms with van der Waals surface area (Å²) in [6, 6.07) is 3.48. The van der Waals surface area contributed by atoms with Crippen LogP contribution in [-0.4, -0.2) is 40.5 Å². The van der Waals surface area contributed by atoms with E-state index in [0.717, 1.165) is 13.1 Å². The Hall–Kier alpha value is -2.02. The van der Waals surface area contributed by atoms with Gasteiger partial charge in [-0.2, -0.15) is 4.98 Å². The van der Waals surface area contributed by atoms with E-state index in [1.54, 1.807) is 19.2 Å². The van der Waals surface area contributed by atoms with Crippen LogP contribution in [0.25, 0.3) is 11.5 Å². The second-order valence-electron chi connectivity index (χ2n) is 4.66. The van der Waals surface area contributed by atoms with Crippen molar-refractivity contribution in [3.8, 4) is 17.4 Å². The van der Waals surface area contributed by atoms with Crippen LogP contribution in [0.1, 0.15) is 18.7 Å². The number of aromatic nitrogens is 4. The molecule has 1 N–H and O–H groups in total. The first-order chi connectivity index (χ1) is 9.28. The van der Waals surface area contributed by atoms with E-state index in [0.29, 0.717) is 29.2 Å². The van der Waals surface area contributed by atoms with Crippen LogP contribution in [0.4, 0.5) is 0 Å². The summed E-state index contributed by atoms with van der Waals surface area (Å²) in [6.45, 7) is 4.02. The summed E-state index contributed by atoms with van der Waals surface area (Å²) in [6.07, 6.45) is 0. The van der Waals surface area contributed by atoms with E-state index < -0.39 is 0 Å². The standard InChI is InChI=1S/C12H15N5O2/c1-7-5-13-6-8(7)12-14-11(17-19-12)9-3-4-10(18-2)16-15-9/h3-4,7-8,13H,5-6H2,1-2H3/t7-,8-/m1/s1. The van der Waals surface area contributed by atoms with Crippen molar-refractivity contribution in [2.45, 2.75) is 12.8 Å². The predicted octanol–water partition coefficient (Wildman–Crippen LogP) is 0.858. The minimum absolute atomic E-state index is 0.271. The highest BCUT2D eigenvalue weighted by Gasteiger charge is 2.29. The Bertz CT molecular complexity index is 554. The molecule has 2 atom stereocenters. The van der Waals surface area contributed by atoms with E-state index >= 15 is 0 Å². The van der Waals surface area contributed by atoms with Gasteiger partial charge in [-0.1, -0.05) is 12.1 Å². The van der Waals surface area contributed by atoms with Gasteiger partial charge in [0.1, 0.15) is 5.69 Å². The van der Waals surface area contributed by atoms with Crippen molar-refractivity contribution in [1.29, 1.82) is 0 Å². The molecule has 1 saturated heterocycles. The third-order valence-corrected chi connectivity index (χ3v) is 3.35. The van der Waals surface area contributed by atoms with Crippen molar-refractivity contribution in [1.82, 2.24) is 25.7 Å². The molecule has 7 nitrogen and oxygen atoms in total. The summed E-state index contributed by atoms with van der Waals surface area (Å²) in [5.74, 6) is 2.35. The fourth-order valence-electron chi connectivity index (χ4n) is 2.18. The van der Waals surface area contributed by atoms with Gasteiger partial charge in [0, 0.05) is 12.6 Å². The molecule has 1 aliphatic heterocycles. The van der Waals surface area contributed by atoms with Crippen molar-refractivity contribution in [2.75, 3.05) is 20.2 Å². The van der Waals surface area contributed by atoms with Crippen LogP contribution in [0.2, 0.25) is 0 Å². The smallest absolute Gasteiger partial charge is 0.233 e. The second-order valence-corrected chi connectivity index (χ2v) is 4.66. The van der Waals surface area contributed by atoms with Crippen LogP contribution in [0.15, 0.2) is 16.7 Å². The Morgan fingerprint density at radius 1 is 1.32 bits per heavy atom. The Labute approximate surface area is 110 Å². The molecular weight excluding hydrogens is 246 g/mol. The normalized spacial score (nSPS) is 22.6. The molecule has 0 aromatic carbocycles. The SMILES string of the molecule is COc1ccc(-c2noc([C@@H]3CNC[C@H]3C)n2)nn1. The maximum atomic E-state index is 5.33. The molecule has 0 amide bonds. The van der Waals surface area contributed by atoms with Crippen LogP contribution in [0, 0.1) is 5.92 Å². The zero-order valence-corrected chi connectivity index (χ0v) is 10.8. The maximum absolute atomic E-state index is 5.33. The first kappa shape index (κ1) is 12.0. The third kappa shape index (κ3) is 2.28. The van der Waals surface area contributed by atoms with Gasteiger partial charge in [-0.05, 0) is 18.5 Å². The highest BCUT2D eigenvalue weighted by atomic mass is 16.5. The molecule has 0 spiro atoms. The Morgan fingerprint density at radius 2 is 2.21 bits per heavy atom. The first-order valence-electron chi connectivity index (χ1n) is 6.20. The van der Waals surface area contributed by atoms with E-state index in [1.165, 1.54) is 0 Å². The molecule has 3 heterocycles. The van der Waals surface area contributed by atoms with Gasteiger partial charge < -0.3 is 14.6 Å². The Balaban J connectivity index is 1.83. The highest BCUT2D eigenvalue weighted by Crippen LogP contribution is 2.27. The van der Waals surface area contributed by atoms with Gasteiger partial charge in [0.2, 0.25) is 17.6 Å². The van der Waals surface area contributed by atoms with E-state index in [1.807, 2.05) is 0 Å². The van der Waals surface area contributed by atoms with Crippen molar-refractivity contribution in [2.24, 2.45) is 5.92 Å². The summed E-state index contributed by atoms with van der Waals surface area (Å²) in [7, 11) is 1.55. The van der Waals surface area contributed by atoms with Gasteiger partial charge >= 0.3 is 0 Å². The van der Waals surface area contributed by atoms with E-state index in [-0.39, 0.29) is 5.92 Å². The fourth-order valence-corrected chi connectivity index (χ4v) is 2.18. The van der Waals surface area contributed by atoms with Gasteiger partial charge in [-0.3, -0.25) is 0 Å². The lowest BCUT2D eigenvalue weighted by molar-refractivity contribution is 0.340. The monoisotopic (exact) mass is 261 g/mol. The minimum Gasteiger partial charge on any atom is -0.480 e. The molecule has 0 aliphatic carbocycles. The Morgan fingerprint density at radius 3 is 2.84 bits per heavy atom. The van der Waals surface area contributed by atoms with Gasteiger partial charge in [0.05, 0.1) is 13.0 Å². The fraction of sp³-hybridized carbons (Fsp3) is 0.500. The maximum Gasteiger partial charge on any atom is 0.233 e. The molecule has 3 rings (SSSR count). The quantitative estimate of drug-likeness (QED) is 0.876. The minimum atomic E-state index is 0.271. The van der Waals surface area contributed by atoms with Crippen LogP contribution in [-0.2, 0) is 0 Å². The lowest BCUT2D eigenvalue weighted by Gasteiger charge is -2.07. The summed E-state index contributed by atoms with van der Waals surface area (Å²) in [5, 5.41) is 15.2. The number of ether oxygens (including phenoxy) is 1. The Kier molecular flexibility index (Phi) is 3.12. The zero-order valence-electron chi connectivity index (χ0n) is 10.8. The zero-order chi connectivity index (χ0) is 13.2. The molecule has 0 saturated carbocycles. The van der Waals surface area contributed by atoms with E-state index in [2.05, 4.69) is 32.6 Å². The first-order valence-corrected chi connectivity index (χ1v) is 6.20. The molecule has 7 heteroatoms. The number of rotatable bonds is 3. The van der Waals surface area contributed by atoms with E-state index in [4.69, 9.17) is 9.26 Å². The van der Waals surface area contributed by atoms with Crippen LogP contribution >= 0.6 is 0 Å². The number of hydrogen-bond donors (Lipinski definition) is 1. The van der Waals surface area contributed by atoms with Crippen LogP contribution in [0.5, 0.6) is 5.88 Å². The molecule has 0 bridgehead atoms. The number of hydrogen-bond acceptors (Lipinski definition) is 7. The molecule has 100 valence electrons. The van der Waals surface area contributed by atoms with Crippen molar-refractivity contribution in [3.63, 3.8) is 0 Å². The van der Waals surface area contributed by atoms with Crippen LogP contribution < -0.4 is 10.1 Å². The summed E-state index contributed by atoms with van der Waals surface area (Å²) in [4.78, 5) is 4.41. The molecule has 1 aliphatic rings. The number of nitrogens with one attached hydrogen (secondary N) is 1. The van der Waals surface area contributed by atoms with Crippen molar-refractivity contribution >= 4 is 0 Å². The average molecular weight is 261 g/mol. The molecule has 0 radical (unpaired) electrons. The lowest BCUT2D eigenvalue weighted by Crippen LogP contribution is -2.08. The third-order valence-electron chi connectivity index (χ3n) is 3.35. The van der Waals surface area contributed by atoms with Crippen LogP contribution in [0.3, 0.4) is 0 Å². The summed E-state index contributed by atoms with van der Waals surface area (Å²) >= 11 is 0. The molecule has 19 heavy (non-hydrogen) atoms. The highest BCUT2D eigenvalue weighted by molar-refractivity contribution is 5.47. The van der Waals surface area contributed by atoms with Gasteiger partial charge in [-0.25, -0.2) is 0 Å². The average Bonchev–Trinajstić information content (AvgIpc) is 3.07. The summed E-state index contributed by atoms with van der Waals surface area (Å²) < 4.78 is 10.3. The van der Waals surface area contributed by atoms with Gasteiger partial charge in [0.15, 0.2) is 0 Å². The molecule has 0 unspecified atom stereocenters. The van der Waals surface area contributed by atoms with Gasteiger partial charge in [0.25, 0.3) is 0 Å². The molecular formula is C12H15N5O2. The second kappa shape index (κ2) is 4.93. The molecule has 1 fully saturated rings.